The zero-order chi connectivity index (χ0) is 28.2. The quantitative estimate of drug-likeness (QED) is 0.195. The van der Waals surface area contributed by atoms with Crippen LogP contribution in [0.2, 0.25) is 0 Å². The van der Waals surface area contributed by atoms with Gasteiger partial charge in [0.15, 0.2) is 0 Å². The number of ether oxygens (including phenoxy) is 1. The summed E-state index contributed by atoms with van der Waals surface area (Å²) in [6, 6.07) is 22.4. The van der Waals surface area contributed by atoms with Crippen LogP contribution in [-0.2, 0) is 9.53 Å². The molecule has 1 amide bonds. The number of β-lactam (4-membered cyclic amide) rings is 1. The van der Waals surface area contributed by atoms with Gasteiger partial charge in [-0.1, -0.05) is 30.3 Å². The van der Waals surface area contributed by atoms with Gasteiger partial charge < -0.3 is 14.7 Å². The number of nitrogens with zero attached hydrogens (tertiary/aromatic N) is 1. The Morgan fingerprint density at radius 1 is 0.775 bits per heavy atom. The third kappa shape index (κ3) is 5.76. The Bertz CT molecular complexity index is 1530. The van der Waals surface area contributed by atoms with E-state index >= 15 is 0 Å². The van der Waals surface area contributed by atoms with Crippen molar-refractivity contribution in [1.29, 1.82) is 0 Å². The van der Waals surface area contributed by atoms with Gasteiger partial charge in [0.2, 0.25) is 5.91 Å². The summed E-state index contributed by atoms with van der Waals surface area (Å²) in [5.74, 6) is -2.58. The van der Waals surface area contributed by atoms with Crippen LogP contribution in [-0.4, -0.2) is 23.6 Å². The van der Waals surface area contributed by atoms with Gasteiger partial charge >= 0.3 is 5.97 Å². The minimum atomic E-state index is -0.655. The third-order valence-corrected chi connectivity index (χ3v) is 6.83. The first-order chi connectivity index (χ1) is 19.3. The Hall–Kier alpha value is -4.85. The van der Waals surface area contributed by atoms with Crippen molar-refractivity contribution in [3.63, 3.8) is 0 Å². The number of halogens is 3. The third-order valence-electron chi connectivity index (χ3n) is 6.83. The number of carbonyl (C=O) groups is 2. The molecule has 0 aliphatic carbocycles. The minimum absolute atomic E-state index is 0.0840. The molecule has 1 fully saturated rings. The monoisotopic (exact) mass is 543 g/mol. The van der Waals surface area contributed by atoms with Crippen molar-refractivity contribution in [2.24, 2.45) is 5.92 Å². The SMILES string of the molecule is O=C(OC/C(=C\C[C@H]1C(=O)N(c2ccc(F)cc2)[C@@H]1c1ccc(O)cc1)c1ccc(F)cc1)c1ccc(F)cc1. The molecule has 1 saturated heterocycles. The van der Waals surface area contributed by atoms with Crippen LogP contribution in [0.5, 0.6) is 5.75 Å². The first-order valence-corrected chi connectivity index (χ1v) is 12.6. The van der Waals surface area contributed by atoms with E-state index in [0.717, 1.165) is 17.7 Å². The second kappa shape index (κ2) is 11.5. The lowest BCUT2D eigenvalue weighted by molar-refractivity contribution is -0.130. The summed E-state index contributed by atoms with van der Waals surface area (Å²) in [7, 11) is 0. The van der Waals surface area contributed by atoms with Crippen molar-refractivity contribution in [3.05, 3.63) is 137 Å². The zero-order valence-electron chi connectivity index (χ0n) is 21.1. The van der Waals surface area contributed by atoms with Crippen LogP contribution in [0.1, 0.15) is 33.9 Å². The fraction of sp³-hybridized carbons (Fsp3) is 0.125. The molecule has 0 unspecified atom stereocenters. The molecule has 5 nitrogen and oxygen atoms in total. The smallest absolute Gasteiger partial charge is 0.338 e. The highest BCUT2D eigenvalue weighted by Gasteiger charge is 2.48. The van der Waals surface area contributed by atoms with E-state index in [1.165, 1.54) is 60.7 Å². The van der Waals surface area contributed by atoms with Crippen molar-refractivity contribution < 1.29 is 32.6 Å². The summed E-state index contributed by atoms with van der Waals surface area (Å²) in [4.78, 5) is 27.5. The molecule has 0 bridgehead atoms. The van der Waals surface area contributed by atoms with Crippen LogP contribution in [0.15, 0.2) is 103 Å². The predicted octanol–water partition coefficient (Wildman–Crippen LogP) is 6.84. The van der Waals surface area contributed by atoms with E-state index in [1.54, 1.807) is 35.2 Å². The van der Waals surface area contributed by atoms with Gasteiger partial charge in [0.1, 0.15) is 29.8 Å². The zero-order valence-corrected chi connectivity index (χ0v) is 21.1. The Kier molecular flexibility index (Phi) is 7.68. The summed E-state index contributed by atoms with van der Waals surface area (Å²) < 4.78 is 45.9. The number of aromatic hydroxyl groups is 1. The van der Waals surface area contributed by atoms with Crippen LogP contribution in [0.25, 0.3) is 5.57 Å². The number of rotatable bonds is 8. The maximum Gasteiger partial charge on any atom is 0.338 e. The Morgan fingerprint density at radius 2 is 1.30 bits per heavy atom. The van der Waals surface area contributed by atoms with Gasteiger partial charge in [-0.3, -0.25) is 4.79 Å². The number of hydrogen-bond acceptors (Lipinski definition) is 4. The second-order valence-corrected chi connectivity index (χ2v) is 9.38. The molecular formula is C32H24F3NO4. The highest BCUT2D eigenvalue weighted by Crippen LogP contribution is 2.45. The highest BCUT2D eigenvalue weighted by atomic mass is 19.1. The van der Waals surface area contributed by atoms with Crippen LogP contribution < -0.4 is 4.90 Å². The Morgan fingerprint density at radius 3 is 1.88 bits per heavy atom. The van der Waals surface area contributed by atoms with E-state index in [-0.39, 0.29) is 30.2 Å². The summed E-state index contributed by atoms with van der Waals surface area (Å²) in [6.07, 6.45) is 2.05. The largest absolute Gasteiger partial charge is 0.508 e. The van der Waals surface area contributed by atoms with Crippen molar-refractivity contribution in [3.8, 4) is 5.75 Å². The maximum absolute atomic E-state index is 13.6. The normalized spacial score (nSPS) is 16.9. The topological polar surface area (TPSA) is 66.8 Å². The number of carbonyl (C=O) groups excluding carboxylic acids is 2. The number of benzene rings is 4. The van der Waals surface area contributed by atoms with E-state index < -0.39 is 35.4 Å². The van der Waals surface area contributed by atoms with Gasteiger partial charge in [-0.2, -0.15) is 0 Å². The molecule has 8 heteroatoms. The standard InChI is InChI=1S/C32H24F3NO4/c33-24-8-1-20(2-9-24)23(19-40-32(39)22-3-10-25(34)11-4-22)7-18-29-30(21-5-16-28(37)17-6-21)36(31(29)38)27-14-12-26(35)13-15-27/h1-17,29-30,37H,18-19H2/b23-7+/t29-,30-/m1/s1. The Labute approximate surface area is 228 Å². The van der Waals surface area contributed by atoms with Gasteiger partial charge in [-0.05, 0) is 95.9 Å². The first-order valence-electron chi connectivity index (χ1n) is 12.6. The van der Waals surface area contributed by atoms with Gasteiger partial charge in [-0.15, -0.1) is 0 Å². The van der Waals surface area contributed by atoms with Crippen molar-refractivity contribution in [1.82, 2.24) is 0 Å². The molecule has 2 atom stereocenters. The Balaban J connectivity index is 1.41. The molecule has 0 spiro atoms. The number of anilines is 1. The van der Waals surface area contributed by atoms with Crippen molar-refractivity contribution in [2.45, 2.75) is 12.5 Å². The predicted molar refractivity (Wildman–Crippen MR) is 144 cm³/mol. The molecule has 5 rings (SSSR count). The van der Waals surface area contributed by atoms with Gasteiger partial charge in [0, 0.05) is 5.69 Å². The molecule has 4 aromatic carbocycles. The summed E-state index contributed by atoms with van der Waals surface area (Å²) in [6.45, 7) is -0.158. The number of esters is 1. The summed E-state index contributed by atoms with van der Waals surface area (Å²) in [5, 5.41) is 9.76. The van der Waals surface area contributed by atoms with E-state index in [9.17, 15) is 27.9 Å². The fourth-order valence-electron chi connectivity index (χ4n) is 4.73. The van der Waals surface area contributed by atoms with Crippen LogP contribution >= 0.6 is 0 Å². The number of phenols is 1. The number of hydrogen-bond donors (Lipinski definition) is 1. The average molecular weight is 544 g/mol. The van der Waals surface area contributed by atoms with Crippen LogP contribution in [0.3, 0.4) is 0 Å². The molecule has 1 N–H and O–H groups in total. The van der Waals surface area contributed by atoms with E-state index in [2.05, 4.69) is 0 Å². The average Bonchev–Trinajstić information content (AvgIpc) is 2.96. The summed E-state index contributed by atoms with van der Waals surface area (Å²) >= 11 is 0. The highest BCUT2D eigenvalue weighted by molar-refractivity contribution is 6.03. The van der Waals surface area contributed by atoms with Crippen LogP contribution in [0.4, 0.5) is 18.9 Å². The number of allylic oxidation sites excluding steroid dienone is 1. The number of amides is 1. The van der Waals surface area contributed by atoms with Gasteiger partial charge in [-0.25, -0.2) is 18.0 Å². The van der Waals surface area contributed by atoms with Crippen molar-refractivity contribution in [2.75, 3.05) is 11.5 Å². The molecule has 0 saturated carbocycles. The van der Waals surface area contributed by atoms with E-state index in [1.807, 2.05) is 0 Å². The first kappa shape index (κ1) is 26.7. The van der Waals surface area contributed by atoms with Crippen LogP contribution in [0, 0.1) is 23.4 Å². The molecule has 1 aliphatic heterocycles. The van der Waals surface area contributed by atoms with Crippen molar-refractivity contribution >= 4 is 23.1 Å². The lowest BCUT2D eigenvalue weighted by atomic mass is 9.79. The lowest BCUT2D eigenvalue weighted by Gasteiger charge is -2.47. The van der Waals surface area contributed by atoms with E-state index in [4.69, 9.17) is 4.74 Å². The molecule has 1 aliphatic rings. The molecule has 0 aromatic heterocycles. The summed E-state index contributed by atoms with van der Waals surface area (Å²) in [5.41, 5.74) is 2.67. The molecule has 1 heterocycles. The lowest BCUT2D eigenvalue weighted by Crippen LogP contribution is -2.55. The molecule has 202 valence electrons. The molecule has 0 radical (unpaired) electrons. The maximum atomic E-state index is 13.6. The fourth-order valence-corrected chi connectivity index (χ4v) is 4.73. The second-order valence-electron chi connectivity index (χ2n) is 9.38. The van der Waals surface area contributed by atoms with Gasteiger partial charge in [0.25, 0.3) is 0 Å². The van der Waals surface area contributed by atoms with Gasteiger partial charge in [0.05, 0.1) is 17.5 Å². The number of phenolic OH excluding ortho intramolecular Hbond substituents is 1. The minimum Gasteiger partial charge on any atom is -0.508 e. The molecule has 4 aromatic rings. The van der Waals surface area contributed by atoms with E-state index in [0.29, 0.717) is 16.8 Å². The molecule has 40 heavy (non-hydrogen) atoms. The molecular weight excluding hydrogens is 519 g/mol.